The van der Waals surface area contributed by atoms with Crippen molar-refractivity contribution in [2.45, 2.75) is 37.5 Å². The lowest BCUT2D eigenvalue weighted by atomic mass is 9.85. The molecule has 0 amide bonds. The van der Waals surface area contributed by atoms with E-state index < -0.39 is 12.2 Å². The summed E-state index contributed by atoms with van der Waals surface area (Å²) in [5, 5.41) is 6.93. The van der Waals surface area contributed by atoms with Crippen molar-refractivity contribution in [3.8, 4) is 5.75 Å². The highest BCUT2D eigenvalue weighted by Crippen LogP contribution is 2.41. The van der Waals surface area contributed by atoms with Crippen LogP contribution in [0.5, 0.6) is 5.75 Å². The molecule has 2 atom stereocenters. The zero-order chi connectivity index (χ0) is 19.6. The number of alkyl halides is 3. The first kappa shape index (κ1) is 19.0. The normalized spacial score (nSPS) is 23.8. The Hall–Kier alpha value is -2.29. The van der Waals surface area contributed by atoms with Crippen LogP contribution in [0.15, 0.2) is 36.7 Å². The molecule has 4 rings (SSSR count). The van der Waals surface area contributed by atoms with Crippen molar-refractivity contribution in [3.63, 3.8) is 0 Å². The molecule has 6 nitrogen and oxygen atoms in total. The van der Waals surface area contributed by atoms with Gasteiger partial charge in [-0.25, -0.2) is 4.68 Å². The summed E-state index contributed by atoms with van der Waals surface area (Å²) in [6.45, 7) is 3.16. The number of aromatic nitrogens is 3. The zero-order valence-electron chi connectivity index (χ0n) is 15.5. The Kier molecular flexibility index (Phi) is 5.43. The molecule has 152 valence electrons. The van der Waals surface area contributed by atoms with E-state index in [-0.39, 0.29) is 24.3 Å². The quantitative estimate of drug-likeness (QED) is 0.842. The molecule has 1 aromatic carbocycles. The van der Waals surface area contributed by atoms with Gasteiger partial charge in [-0.2, -0.15) is 23.3 Å². The molecule has 28 heavy (non-hydrogen) atoms. The molecule has 0 saturated carbocycles. The van der Waals surface area contributed by atoms with Crippen molar-refractivity contribution in [2.75, 3.05) is 31.6 Å². The summed E-state index contributed by atoms with van der Waals surface area (Å²) in [4.78, 5) is 6.28. The van der Waals surface area contributed by atoms with Gasteiger partial charge in [-0.3, -0.25) is 4.90 Å². The average molecular weight is 395 g/mol. The number of halogens is 3. The maximum Gasteiger partial charge on any atom is 0.411 e. The minimum Gasteiger partial charge on any atom is -0.492 e. The summed E-state index contributed by atoms with van der Waals surface area (Å²) in [6.07, 6.45) is -1.41. The molecule has 2 aliphatic rings. The van der Waals surface area contributed by atoms with Crippen LogP contribution in [0.1, 0.15) is 25.3 Å². The van der Waals surface area contributed by atoms with Crippen molar-refractivity contribution < 1.29 is 17.9 Å². The smallest absolute Gasteiger partial charge is 0.411 e. The molecule has 9 heteroatoms. The Morgan fingerprint density at radius 1 is 1.14 bits per heavy atom. The zero-order valence-corrected chi connectivity index (χ0v) is 15.5. The van der Waals surface area contributed by atoms with Crippen molar-refractivity contribution >= 4 is 5.95 Å². The van der Waals surface area contributed by atoms with E-state index in [1.165, 1.54) is 6.33 Å². The summed E-state index contributed by atoms with van der Waals surface area (Å²) in [6, 6.07) is 7.84. The maximum absolute atomic E-state index is 13.4. The van der Waals surface area contributed by atoms with E-state index in [0.717, 1.165) is 42.9 Å². The number of anilines is 1. The van der Waals surface area contributed by atoms with Gasteiger partial charge in [0.1, 0.15) is 18.7 Å². The topological polar surface area (TPSA) is 55.2 Å². The van der Waals surface area contributed by atoms with Gasteiger partial charge >= 0.3 is 6.18 Å². The fourth-order valence-corrected chi connectivity index (χ4v) is 4.12. The average Bonchev–Trinajstić information content (AvgIpc) is 3.16. The van der Waals surface area contributed by atoms with Gasteiger partial charge in [0, 0.05) is 12.6 Å². The SMILES string of the molecule is FC(F)(F)[C@H]1C[C@@H](C2CCN(CCOc3ccccc3)CC2)Nc2ncnn21. The van der Waals surface area contributed by atoms with E-state index in [1.54, 1.807) is 0 Å². The number of rotatable bonds is 5. The number of benzene rings is 1. The second kappa shape index (κ2) is 7.98. The summed E-state index contributed by atoms with van der Waals surface area (Å²) in [5.74, 6) is 1.27. The molecular weight excluding hydrogens is 371 g/mol. The molecule has 0 aliphatic carbocycles. The first-order valence-corrected chi connectivity index (χ1v) is 9.63. The van der Waals surface area contributed by atoms with Crippen LogP contribution < -0.4 is 10.1 Å². The van der Waals surface area contributed by atoms with Gasteiger partial charge < -0.3 is 10.1 Å². The van der Waals surface area contributed by atoms with Gasteiger partial charge in [0.25, 0.3) is 0 Å². The van der Waals surface area contributed by atoms with E-state index >= 15 is 0 Å². The monoisotopic (exact) mass is 395 g/mol. The van der Waals surface area contributed by atoms with Crippen LogP contribution in [-0.4, -0.2) is 58.1 Å². The van der Waals surface area contributed by atoms with Gasteiger partial charge in [0.15, 0.2) is 6.04 Å². The molecule has 2 aliphatic heterocycles. The lowest BCUT2D eigenvalue weighted by Crippen LogP contribution is -2.46. The molecule has 1 saturated heterocycles. The minimum absolute atomic E-state index is 0.00163. The number of fused-ring (bicyclic) bond motifs is 1. The molecule has 0 radical (unpaired) electrons. The van der Waals surface area contributed by atoms with Crippen LogP contribution in [0, 0.1) is 5.92 Å². The summed E-state index contributed by atoms with van der Waals surface area (Å²) < 4.78 is 47.0. The molecule has 0 spiro atoms. The summed E-state index contributed by atoms with van der Waals surface area (Å²) in [7, 11) is 0. The van der Waals surface area contributed by atoms with E-state index in [1.807, 2.05) is 30.3 Å². The highest BCUT2D eigenvalue weighted by atomic mass is 19.4. The highest BCUT2D eigenvalue weighted by molar-refractivity contribution is 5.30. The number of likely N-dealkylation sites (tertiary alicyclic amines) is 1. The Morgan fingerprint density at radius 2 is 1.89 bits per heavy atom. The van der Waals surface area contributed by atoms with Crippen LogP contribution in [0.3, 0.4) is 0 Å². The standard InChI is InChI=1S/C19H24F3N5O/c20-19(21,22)17-12-16(25-18-23-13-24-27(17)18)14-6-8-26(9-7-14)10-11-28-15-4-2-1-3-5-15/h1-5,13-14,16-17H,6-12H2,(H,23,24,25)/t16-,17+/m0/s1. The number of hydrogen-bond donors (Lipinski definition) is 1. The third kappa shape index (κ3) is 4.24. The Morgan fingerprint density at radius 3 is 2.61 bits per heavy atom. The molecule has 0 unspecified atom stereocenters. The van der Waals surface area contributed by atoms with Crippen molar-refractivity contribution in [1.29, 1.82) is 0 Å². The third-order valence-corrected chi connectivity index (χ3v) is 5.66. The predicted molar refractivity (Wildman–Crippen MR) is 98.2 cm³/mol. The van der Waals surface area contributed by atoms with Crippen LogP contribution in [0.2, 0.25) is 0 Å². The van der Waals surface area contributed by atoms with Crippen molar-refractivity contribution in [3.05, 3.63) is 36.7 Å². The van der Waals surface area contributed by atoms with E-state index in [9.17, 15) is 13.2 Å². The second-order valence-electron chi connectivity index (χ2n) is 7.41. The highest BCUT2D eigenvalue weighted by Gasteiger charge is 2.47. The Labute approximate surface area is 161 Å². The fraction of sp³-hybridized carbons (Fsp3) is 0.579. The van der Waals surface area contributed by atoms with E-state index in [4.69, 9.17) is 4.74 Å². The van der Waals surface area contributed by atoms with Gasteiger partial charge in [0.2, 0.25) is 5.95 Å². The first-order chi connectivity index (χ1) is 13.5. The van der Waals surface area contributed by atoms with Crippen LogP contribution in [0.25, 0.3) is 0 Å². The van der Waals surface area contributed by atoms with Gasteiger partial charge in [-0.05, 0) is 50.4 Å². The molecule has 1 aromatic heterocycles. The lowest BCUT2D eigenvalue weighted by molar-refractivity contribution is -0.174. The Balaban J connectivity index is 1.28. The van der Waals surface area contributed by atoms with Crippen LogP contribution in [0.4, 0.5) is 19.1 Å². The number of para-hydroxylation sites is 1. The molecule has 0 bridgehead atoms. The van der Waals surface area contributed by atoms with Crippen molar-refractivity contribution in [1.82, 2.24) is 19.7 Å². The maximum atomic E-state index is 13.4. The molecule has 1 fully saturated rings. The largest absolute Gasteiger partial charge is 0.492 e. The minimum atomic E-state index is -4.32. The van der Waals surface area contributed by atoms with Crippen LogP contribution in [-0.2, 0) is 0 Å². The molecule has 1 N–H and O–H groups in total. The number of hydrogen-bond acceptors (Lipinski definition) is 5. The van der Waals surface area contributed by atoms with Gasteiger partial charge in [-0.15, -0.1) is 0 Å². The lowest BCUT2D eigenvalue weighted by Gasteiger charge is -2.40. The predicted octanol–water partition coefficient (Wildman–Crippen LogP) is 3.36. The fourth-order valence-electron chi connectivity index (χ4n) is 4.12. The van der Waals surface area contributed by atoms with Gasteiger partial charge in [0.05, 0.1) is 0 Å². The van der Waals surface area contributed by atoms with E-state index in [0.29, 0.717) is 6.61 Å². The number of piperidine rings is 1. The first-order valence-electron chi connectivity index (χ1n) is 9.63. The van der Waals surface area contributed by atoms with Crippen LogP contribution >= 0.6 is 0 Å². The molecule has 2 aromatic rings. The number of ether oxygens (including phenoxy) is 1. The Bertz CT molecular complexity index is 758. The van der Waals surface area contributed by atoms with Gasteiger partial charge in [-0.1, -0.05) is 18.2 Å². The number of nitrogens with zero attached hydrogens (tertiary/aromatic N) is 4. The molecule has 3 heterocycles. The second-order valence-corrected chi connectivity index (χ2v) is 7.41. The summed E-state index contributed by atoms with van der Waals surface area (Å²) in [5.41, 5.74) is 0. The summed E-state index contributed by atoms with van der Waals surface area (Å²) >= 11 is 0. The molecular formula is C19H24F3N5O. The third-order valence-electron chi connectivity index (χ3n) is 5.66. The number of nitrogens with one attached hydrogen (secondary N) is 1. The van der Waals surface area contributed by atoms with E-state index in [2.05, 4.69) is 20.3 Å². The van der Waals surface area contributed by atoms with Crippen molar-refractivity contribution in [2.24, 2.45) is 5.92 Å².